The van der Waals surface area contributed by atoms with Gasteiger partial charge in [0.2, 0.25) is 0 Å². The van der Waals surface area contributed by atoms with Crippen LogP contribution in [-0.4, -0.2) is 39.5 Å². The zero-order valence-corrected chi connectivity index (χ0v) is 12.2. The van der Waals surface area contributed by atoms with Crippen LogP contribution in [0.15, 0.2) is 30.6 Å². The van der Waals surface area contributed by atoms with Crippen LogP contribution in [0, 0.1) is 13.8 Å². The lowest BCUT2D eigenvalue weighted by molar-refractivity contribution is -0.135. The summed E-state index contributed by atoms with van der Waals surface area (Å²) < 4.78 is 1.44. The molecule has 0 aliphatic heterocycles. The van der Waals surface area contributed by atoms with Crippen LogP contribution >= 0.6 is 0 Å². The van der Waals surface area contributed by atoms with Gasteiger partial charge in [-0.2, -0.15) is 0 Å². The van der Waals surface area contributed by atoms with Crippen molar-refractivity contribution in [3.8, 4) is 0 Å². The Balaban J connectivity index is 2.52. The molecule has 2 heterocycles. The molecule has 0 aromatic carbocycles. The number of nitrogens with zero attached hydrogens (tertiary/aromatic N) is 3. The lowest BCUT2D eigenvalue weighted by Crippen LogP contribution is -2.45. The summed E-state index contributed by atoms with van der Waals surface area (Å²) in [5, 5.41) is 10.2. The van der Waals surface area contributed by atoms with Crippen molar-refractivity contribution in [1.29, 1.82) is 0 Å². The summed E-state index contributed by atoms with van der Waals surface area (Å²) in [7, 11) is 0. The van der Waals surface area contributed by atoms with Gasteiger partial charge in [0.05, 0.1) is 5.56 Å². The molecule has 0 atom stereocenters. The molecule has 0 aliphatic carbocycles. The van der Waals surface area contributed by atoms with E-state index in [9.17, 15) is 14.4 Å². The molecule has 1 amide bonds. The van der Waals surface area contributed by atoms with Crippen LogP contribution in [0.5, 0.6) is 0 Å². The number of carboxylic acid groups (broad SMARTS) is 1. The fourth-order valence-corrected chi connectivity index (χ4v) is 2.27. The van der Waals surface area contributed by atoms with Gasteiger partial charge in [0.1, 0.15) is 6.54 Å². The van der Waals surface area contributed by atoms with E-state index in [0.717, 1.165) is 5.01 Å². The number of amides is 1. The largest absolute Gasteiger partial charge is 0.480 e. The molecule has 2 aromatic heterocycles. The zero-order chi connectivity index (χ0) is 16.3. The highest BCUT2D eigenvalue weighted by atomic mass is 16.4. The Bertz CT molecular complexity index is 722. The van der Waals surface area contributed by atoms with Crippen molar-refractivity contribution in [2.24, 2.45) is 0 Å². The van der Waals surface area contributed by atoms with Crippen molar-refractivity contribution in [1.82, 2.24) is 9.66 Å². The topological polar surface area (TPSA) is 92.5 Å². The minimum Gasteiger partial charge on any atom is -0.480 e. The van der Waals surface area contributed by atoms with Crippen LogP contribution in [0.3, 0.4) is 0 Å². The van der Waals surface area contributed by atoms with Gasteiger partial charge in [0, 0.05) is 29.3 Å². The second kappa shape index (κ2) is 6.21. The van der Waals surface area contributed by atoms with Gasteiger partial charge in [-0.1, -0.05) is 0 Å². The monoisotopic (exact) mass is 301 g/mol. The molecular formula is C15H15N3O4. The fourth-order valence-electron chi connectivity index (χ4n) is 2.27. The van der Waals surface area contributed by atoms with Crippen LogP contribution in [0.4, 0.5) is 0 Å². The first kappa shape index (κ1) is 15.4. The smallest absolute Gasteiger partial charge is 0.325 e. The molecule has 7 heteroatoms. The highest BCUT2D eigenvalue weighted by Gasteiger charge is 2.24. The first-order chi connectivity index (χ1) is 10.5. The summed E-state index contributed by atoms with van der Waals surface area (Å²) in [6.45, 7) is 2.83. The maximum atomic E-state index is 12.6. The summed E-state index contributed by atoms with van der Waals surface area (Å²) in [6.07, 6.45) is 3.56. The molecule has 0 aliphatic rings. The van der Waals surface area contributed by atoms with Crippen molar-refractivity contribution < 1.29 is 19.5 Å². The van der Waals surface area contributed by atoms with E-state index in [2.05, 4.69) is 4.98 Å². The van der Waals surface area contributed by atoms with Crippen LogP contribution in [0.2, 0.25) is 0 Å². The van der Waals surface area contributed by atoms with E-state index >= 15 is 0 Å². The van der Waals surface area contributed by atoms with E-state index in [1.807, 2.05) is 0 Å². The normalized spacial score (nSPS) is 10.3. The van der Waals surface area contributed by atoms with Gasteiger partial charge in [-0.15, -0.1) is 0 Å². The predicted octanol–water partition coefficient (Wildman–Crippen LogP) is 1.18. The van der Waals surface area contributed by atoms with Crippen molar-refractivity contribution in [2.75, 3.05) is 11.6 Å². The van der Waals surface area contributed by atoms with Crippen molar-refractivity contribution >= 4 is 18.2 Å². The van der Waals surface area contributed by atoms with Crippen LogP contribution < -0.4 is 5.01 Å². The Labute approximate surface area is 126 Å². The van der Waals surface area contributed by atoms with Gasteiger partial charge in [-0.3, -0.25) is 24.0 Å². The second-order valence-corrected chi connectivity index (χ2v) is 4.75. The Kier molecular flexibility index (Phi) is 4.36. The fraction of sp³-hybridized carbons (Fsp3) is 0.200. The molecule has 1 N–H and O–H groups in total. The molecule has 0 saturated carbocycles. The molecule has 0 fully saturated rings. The number of aldehydes is 1. The summed E-state index contributed by atoms with van der Waals surface area (Å²) in [5.74, 6) is -1.66. The molecule has 0 spiro atoms. The van der Waals surface area contributed by atoms with Gasteiger partial charge < -0.3 is 5.11 Å². The number of hydrogen-bond donors (Lipinski definition) is 1. The van der Waals surface area contributed by atoms with Crippen molar-refractivity contribution in [3.63, 3.8) is 0 Å². The average molecular weight is 301 g/mol. The van der Waals surface area contributed by atoms with E-state index in [-0.39, 0.29) is 5.56 Å². The third-order valence-electron chi connectivity index (χ3n) is 3.23. The minimum atomic E-state index is -1.16. The number of rotatable bonds is 5. The van der Waals surface area contributed by atoms with Gasteiger partial charge in [-0.05, 0) is 32.0 Å². The van der Waals surface area contributed by atoms with Crippen LogP contribution in [0.25, 0.3) is 0 Å². The van der Waals surface area contributed by atoms with Gasteiger partial charge >= 0.3 is 5.97 Å². The van der Waals surface area contributed by atoms with Gasteiger partial charge in [0.15, 0.2) is 6.29 Å². The minimum absolute atomic E-state index is 0.268. The first-order valence-electron chi connectivity index (χ1n) is 6.53. The molecular weight excluding hydrogens is 286 g/mol. The summed E-state index contributed by atoms with van der Waals surface area (Å²) >= 11 is 0. The third kappa shape index (κ3) is 2.88. The summed E-state index contributed by atoms with van der Waals surface area (Å²) in [5.41, 5.74) is 1.78. The van der Waals surface area contributed by atoms with Crippen LogP contribution in [0.1, 0.15) is 32.1 Å². The van der Waals surface area contributed by atoms with E-state index in [1.165, 1.54) is 17.1 Å². The number of carbonyl (C=O) groups excluding carboxylic acids is 2. The third-order valence-corrected chi connectivity index (χ3v) is 3.23. The number of aliphatic carboxylic acids is 1. The molecule has 0 radical (unpaired) electrons. The molecule has 2 rings (SSSR count). The SMILES string of the molecule is Cc1cc(C=O)c(C)n1N(CC(=O)O)C(=O)c1cccnc1. The number of aryl methyl sites for hydroxylation is 1. The summed E-state index contributed by atoms with van der Waals surface area (Å²) in [4.78, 5) is 38.6. The Morgan fingerprint density at radius 1 is 1.41 bits per heavy atom. The molecule has 2 aromatic rings. The molecule has 22 heavy (non-hydrogen) atoms. The molecule has 0 saturated heterocycles. The number of aromatic nitrogens is 2. The zero-order valence-electron chi connectivity index (χ0n) is 12.2. The van der Waals surface area contributed by atoms with Crippen LogP contribution in [-0.2, 0) is 4.79 Å². The quantitative estimate of drug-likeness (QED) is 0.837. The predicted molar refractivity (Wildman–Crippen MR) is 78.6 cm³/mol. The van der Waals surface area contributed by atoms with Gasteiger partial charge in [0.25, 0.3) is 5.91 Å². The molecule has 114 valence electrons. The maximum absolute atomic E-state index is 12.6. The van der Waals surface area contributed by atoms with E-state index < -0.39 is 18.4 Å². The Morgan fingerprint density at radius 3 is 2.64 bits per heavy atom. The lowest BCUT2D eigenvalue weighted by Gasteiger charge is -2.25. The maximum Gasteiger partial charge on any atom is 0.325 e. The standard InChI is InChI=1S/C15H15N3O4/c1-10-6-13(9-19)11(2)18(10)17(8-14(20)21)15(22)12-4-3-5-16-7-12/h3-7,9H,8H2,1-2H3,(H,20,21). The highest BCUT2D eigenvalue weighted by Crippen LogP contribution is 2.15. The molecule has 7 nitrogen and oxygen atoms in total. The average Bonchev–Trinajstić information content (AvgIpc) is 2.79. The van der Waals surface area contributed by atoms with E-state index in [4.69, 9.17) is 5.11 Å². The lowest BCUT2D eigenvalue weighted by atomic mass is 10.2. The van der Waals surface area contributed by atoms with E-state index in [1.54, 1.807) is 32.0 Å². The van der Waals surface area contributed by atoms with Crippen molar-refractivity contribution in [3.05, 3.63) is 53.1 Å². The van der Waals surface area contributed by atoms with Crippen molar-refractivity contribution in [2.45, 2.75) is 13.8 Å². The molecule has 0 unspecified atom stereocenters. The van der Waals surface area contributed by atoms with Gasteiger partial charge in [-0.25, -0.2) is 5.01 Å². The first-order valence-corrected chi connectivity index (χ1v) is 6.53. The number of hydrogen-bond acceptors (Lipinski definition) is 4. The number of pyridine rings is 1. The van der Waals surface area contributed by atoms with E-state index in [0.29, 0.717) is 23.2 Å². The summed E-state index contributed by atoms with van der Waals surface area (Å²) in [6, 6.07) is 4.76. The highest BCUT2D eigenvalue weighted by molar-refractivity contribution is 6.03. The number of carbonyl (C=O) groups is 3. The molecule has 0 bridgehead atoms. The second-order valence-electron chi connectivity index (χ2n) is 4.75. The number of carboxylic acids is 1. The Morgan fingerprint density at radius 2 is 2.14 bits per heavy atom. The Hall–Kier alpha value is -2.96.